The van der Waals surface area contributed by atoms with E-state index in [2.05, 4.69) is 10.3 Å². The minimum absolute atomic E-state index is 0.179. The lowest BCUT2D eigenvalue weighted by atomic mass is 10.1. The molecule has 0 fully saturated rings. The summed E-state index contributed by atoms with van der Waals surface area (Å²) in [6.07, 6.45) is 0. The van der Waals surface area contributed by atoms with Crippen LogP contribution in [0.25, 0.3) is 0 Å². The van der Waals surface area contributed by atoms with E-state index in [0.717, 1.165) is 10.6 Å². The van der Waals surface area contributed by atoms with Gasteiger partial charge in [-0.2, -0.15) is 0 Å². The second kappa shape index (κ2) is 3.26. The molecular formula is C9H10ClN3. The minimum atomic E-state index is 0.179. The van der Waals surface area contributed by atoms with Gasteiger partial charge in [-0.1, -0.05) is 23.7 Å². The topological polar surface area (TPSA) is 50.4 Å². The molecule has 1 atom stereocenters. The van der Waals surface area contributed by atoms with Crippen LogP contribution in [-0.4, -0.2) is 12.5 Å². The average molecular weight is 196 g/mol. The zero-order valence-corrected chi connectivity index (χ0v) is 7.75. The highest BCUT2D eigenvalue weighted by molar-refractivity contribution is 6.30. The normalized spacial score (nSPS) is 21.0. The number of halogens is 1. The maximum Gasteiger partial charge on any atom is 0.189 e. The molecule has 3 nitrogen and oxygen atoms in total. The van der Waals surface area contributed by atoms with Crippen LogP contribution in [0.2, 0.25) is 5.02 Å². The van der Waals surface area contributed by atoms with Crippen molar-refractivity contribution in [3.05, 3.63) is 34.9 Å². The monoisotopic (exact) mass is 195 g/mol. The zero-order chi connectivity index (χ0) is 9.26. The van der Waals surface area contributed by atoms with Gasteiger partial charge in [0.25, 0.3) is 0 Å². The first kappa shape index (κ1) is 8.38. The molecule has 1 aromatic rings. The van der Waals surface area contributed by atoms with Gasteiger partial charge in [0.1, 0.15) is 0 Å². The molecule has 0 saturated heterocycles. The van der Waals surface area contributed by atoms with E-state index in [1.54, 1.807) is 0 Å². The fraction of sp³-hybridized carbons (Fsp3) is 0.222. The van der Waals surface area contributed by atoms with Crippen LogP contribution in [-0.2, 0) is 0 Å². The first-order valence-electron chi connectivity index (χ1n) is 4.07. The molecule has 4 heteroatoms. The summed E-state index contributed by atoms with van der Waals surface area (Å²) in [7, 11) is 0. The van der Waals surface area contributed by atoms with Crippen LogP contribution in [0.4, 0.5) is 0 Å². The summed E-state index contributed by atoms with van der Waals surface area (Å²) in [5, 5.41) is 3.81. The van der Waals surface area contributed by atoms with Gasteiger partial charge in [-0.15, -0.1) is 0 Å². The number of aliphatic imine (C=N–C) groups is 1. The van der Waals surface area contributed by atoms with E-state index >= 15 is 0 Å². The number of rotatable bonds is 1. The van der Waals surface area contributed by atoms with E-state index in [0.29, 0.717) is 12.5 Å². The molecule has 13 heavy (non-hydrogen) atoms. The highest BCUT2D eigenvalue weighted by Gasteiger charge is 2.16. The van der Waals surface area contributed by atoms with Crippen LogP contribution in [0.3, 0.4) is 0 Å². The molecule has 1 aliphatic rings. The minimum Gasteiger partial charge on any atom is -0.370 e. The Morgan fingerprint density at radius 2 is 2.38 bits per heavy atom. The van der Waals surface area contributed by atoms with Crippen molar-refractivity contribution in [3.8, 4) is 0 Å². The van der Waals surface area contributed by atoms with Gasteiger partial charge in [-0.05, 0) is 17.7 Å². The van der Waals surface area contributed by atoms with E-state index in [1.165, 1.54) is 0 Å². The molecular weight excluding hydrogens is 186 g/mol. The number of guanidine groups is 1. The summed E-state index contributed by atoms with van der Waals surface area (Å²) in [5.41, 5.74) is 6.63. The SMILES string of the molecule is NC1=NCC(c2cccc(Cl)c2)N1. The summed E-state index contributed by atoms with van der Waals surface area (Å²) in [4.78, 5) is 4.06. The molecule has 0 bridgehead atoms. The van der Waals surface area contributed by atoms with E-state index in [1.807, 2.05) is 24.3 Å². The fourth-order valence-corrected chi connectivity index (χ4v) is 1.57. The largest absolute Gasteiger partial charge is 0.370 e. The Balaban J connectivity index is 2.18. The first-order chi connectivity index (χ1) is 6.25. The van der Waals surface area contributed by atoms with E-state index in [4.69, 9.17) is 17.3 Å². The Hall–Kier alpha value is -1.22. The van der Waals surface area contributed by atoms with Crippen molar-refractivity contribution in [3.63, 3.8) is 0 Å². The van der Waals surface area contributed by atoms with Gasteiger partial charge in [-0.25, -0.2) is 0 Å². The van der Waals surface area contributed by atoms with Crippen molar-refractivity contribution in [2.45, 2.75) is 6.04 Å². The molecule has 2 rings (SSSR count). The summed E-state index contributed by atoms with van der Waals surface area (Å²) in [6, 6.07) is 7.89. The van der Waals surface area contributed by atoms with Crippen LogP contribution >= 0.6 is 11.6 Å². The van der Waals surface area contributed by atoms with Gasteiger partial charge in [0.15, 0.2) is 5.96 Å². The van der Waals surface area contributed by atoms with Gasteiger partial charge < -0.3 is 11.1 Å². The standard InChI is InChI=1S/C9H10ClN3/c10-7-3-1-2-6(4-7)8-5-12-9(11)13-8/h1-4,8H,5H2,(H3,11,12,13). The molecule has 0 aromatic heterocycles. The highest BCUT2D eigenvalue weighted by Crippen LogP contribution is 2.19. The van der Waals surface area contributed by atoms with E-state index in [-0.39, 0.29) is 6.04 Å². The Kier molecular flexibility index (Phi) is 2.10. The Morgan fingerprint density at radius 3 is 3.00 bits per heavy atom. The lowest BCUT2D eigenvalue weighted by Gasteiger charge is -2.10. The third kappa shape index (κ3) is 1.75. The van der Waals surface area contributed by atoms with Gasteiger partial charge in [0, 0.05) is 5.02 Å². The van der Waals surface area contributed by atoms with Gasteiger partial charge in [-0.3, -0.25) is 4.99 Å². The molecule has 0 saturated carbocycles. The van der Waals surface area contributed by atoms with Crippen molar-refractivity contribution in [2.24, 2.45) is 10.7 Å². The lowest BCUT2D eigenvalue weighted by molar-refractivity contribution is 0.708. The van der Waals surface area contributed by atoms with E-state index in [9.17, 15) is 0 Å². The second-order valence-corrected chi connectivity index (χ2v) is 3.41. The van der Waals surface area contributed by atoms with Crippen molar-refractivity contribution in [2.75, 3.05) is 6.54 Å². The predicted octanol–water partition coefficient (Wildman–Crippen LogP) is 1.30. The van der Waals surface area contributed by atoms with Crippen molar-refractivity contribution < 1.29 is 0 Å². The van der Waals surface area contributed by atoms with Crippen molar-refractivity contribution in [1.82, 2.24) is 5.32 Å². The third-order valence-corrected chi connectivity index (χ3v) is 2.25. The number of benzene rings is 1. The number of nitrogens with one attached hydrogen (secondary N) is 1. The average Bonchev–Trinajstić information content (AvgIpc) is 2.52. The van der Waals surface area contributed by atoms with Crippen LogP contribution in [0.15, 0.2) is 29.3 Å². The number of nitrogens with zero attached hydrogens (tertiary/aromatic N) is 1. The van der Waals surface area contributed by atoms with Gasteiger partial charge in [0.2, 0.25) is 0 Å². The van der Waals surface area contributed by atoms with Crippen molar-refractivity contribution in [1.29, 1.82) is 0 Å². The molecule has 0 radical (unpaired) electrons. The van der Waals surface area contributed by atoms with Crippen molar-refractivity contribution >= 4 is 17.6 Å². The molecule has 68 valence electrons. The molecule has 0 amide bonds. The summed E-state index contributed by atoms with van der Waals surface area (Å²) >= 11 is 5.86. The predicted molar refractivity (Wildman–Crippen MR) is 53.8 cm³/mol. The lowest BCUT2D eigenvalue weighted by Crippen LogP contribution is -2.29. The summed E-state index contributed by atoms with van der Waals surface area (Å²) in [6.45, 7) is 0.687. The fourth-order valence-electron chi connectivity index (χ4n) is 1.37. The summed E-state index contributed by atoms with van der Waals surface area (Å²) in [5.74, 6) is 0.505. The van der Waals surface area contributed by atoms with Crippen LogP contribution in [0.1, 0.15) is 11.6 Å². The first-order valence-corrected chi connectivity index (χ1v) is 4.45. The van der Waals surface area contributed by atoms with Crippen LogP contribution in [0.5, 0.6) is 0 Å². The Morgan fingerprint density at radius 1 is 1.54 bits per heavy atom. The van der Waals surface area contributed by atoms with Gasteiger partial charge >= 0.3 is 0 Å². The number of hydrogen-bond acceptors (Lipinski definition) is 3. The maximum atomic E-state index is 5.86. The number of hydrogen-bond donors (Lipinski definition) is 2. The van der Waals surface area contributed by atoms with Gasteiger partial charge in [0.05, 0.1) is 12.6 Å². The molecule has 1 aliphatic heterocycles. The van der Waals surface area contributed by atoms with Crippen LogP contribution < -0.4 is 11.1 Å². The zero-order valence-electron chi connectivity index (χ0n) is 7.00. The Labute approximate surface area is 81.6 Å². The molecule has 0 spiro atoms. The highest BCUT2D eigenvalue weighted by atomic mass is 35.5. The quantitative estimate of drug-likeness (QED) is 0.710. The second-order valence-electron chi connectivity index (χ2n) is 2.98. The van der Waals surface area contributed by atoms with Crippen LogP contribution in [0, 0.1) is 0 Å². The molecule has 0 aliphatic carbocycles. The summed E-state index contributed by atoms with van der Waals surface area (Å²) < 4.78 is 0. The number of nitrogens with two attached hydrogens (primary N) is 1. The Bertz CT molecular complexity index is 348. The third-order valence-electron chi connectivity index (χ3n) is 2.02. The molecule has 3 N–H and O–H groups in total. The molecule has 1 heterocycles. The maximum absolute atomic E-state index is 5.86. The molecule has 1 unspecified atom stereocenters. The van der Waals surface area contributed by atoms with E-state index < -0.39 is 0 Å². The molecule has 1 aromatic carbocycles. The smallest absolute Gasteiger partial charge is 0.189 e.